The summed E-state index contributed by atoms with van der Waals surface area (Å²) in [6.45, 7) is 7.65. The van der Waals surface area contributed by atoms with Crippen molar-refractivity contribution in [3.05, 3.63) is 142 Å². The number of benzene rings is 3. The van der Waals surface area contributed by atoms with Gasteiger partial charge >= 0.3 is 0 Å². The Balaban J connectivity index is 0.703. The highest BCUT2D eigenvalue weighted by Gasteiger charge is 2.38. The van der Waals surface area contributed by atoms with Gasteiger partial charge in [-0.05, 0) is 107 Å². The van der Waals surface area contributed by atoms with Gasteiger partial charge in [0.1, 0.15) is 28.4 Å². The number of amides is 3. The lowest BCUT2D eigenvalue weighted by Gasteiger charge is -2.24. The lowest BCUT2D eigenvalue weighted by molar-refractivity contribution is -0.121. The zero-order valence-electron chi connectivity index (χ0n) is 42.7. The van der Waals surface area contributed by atoms with Crippen LogP contribution in [0.1, 0.15) is 74.8 Å². The molecule has 384 valence electrons. The van der Waals surface area contributed by atoms with E-state index in [2.05, 4.69) is 40.1 Å². The Morgan fingerprint density at radius 1 is 0.595 bits per heavy atom. The van der Waals surface area contributed by atoms with Crippen LogP contribution in [-0.2, 0) is 40.1 Å². The van der Waals surface area contributed by atoms with Crippen LogP contribution in [0.5, 0.6) is 34.5 Å². The van der Waals surface area contributed by atoms with Crippen molar-refractivity contribution in [3.63, 3.8) is 0 Å². The van der Waals surface area contributed by atoms with E-state index >= 15 is 0 Å². The first-order chi connectivity index (χ1) is 35.4. The summed E-state index contributed by atoms with van der Waals surface area (Å²) in [7, 11) is 4.97. The van der Waals surface area contributed by atoms with E-state index in [4.69, 9.17) is 40.0 Å². The molecule has 0 fully saturated rings. The normalized spacial score (nSPS) is 17.8. The second-order valence-electron chi connectivity index (χ2n) is 20.1. The van der Waals surface area contributed by atoms with Gasteiger partial charge in [0.05, 0.1) is 0 Å². The highest BCUT2D eigenvalue weighted by atomic mass is 35.5. The van der Waals surface area contributed by atoms with E-state index in [0.717, 1.165) is 53.5 Å². The minimum Gasteiger partial charge on any atom is -0.483 e. The summed E-state index contributed by atoms with van der Waals surface area (Å²) in [5, 5.41) is 8.01. The third kappa shape index (κ3) is 11.9. The van der Waals surface area contributed by atoms with Crippen molar-refractivity contribution >= 4 is 52.9 Å². The molecular formula is C57H60ClN7O9. The number of aromatic nitrogens is 4. The number of halogens is 1. The number of para-hydroxylation sites is 3. The highest BCUT2D eigenvalue weighted by Crippen LogP contribution is 2.46. The number of anilines is 3. The molecule has 3 aliphatic rings. The summed E-state index contributed by atoms with van der Waals surface area (Å²) < 4.78 is 37.1. The van der Waals surface area contributed by atoms with E-state index in [1.807, 2.05) is 86.7 Å². The predicted octanol–water partition coefficient (Wildman–Crippen LogP) is 9.27. The van der Waals surface area contributed by atoms with Crippen LogP contribution in [0.25, 0.3) is 6.08 Å². The first-order valence-corrected chi connectivity index (χ1v) is 25.0. The Hall–Kier alpha value is -7.72. The number of carbonyl (C=O) groups is 3. The minimum absolute atomic E-state index is 0.151. The molecule has 0 bridgehead atoms. The van der Waals surface area contributed by atoms with Crippen LogP contribution >= 0.6 is 11.6 Å². The number of hydrogen-bond donors (Lipinski definition) is 0. The van der Waals surface area contributed by atoms with Crippen molar-refractivity contribution in [1.82, 2.24) is 20.2 Å². The van der Waals surface area contributed by atoms with Gasteiger partial charge in [-0.2, -0.15) is 0 Å². The third-order valence-corrected chi connectivity index (χ3v) is 13.6. The molecule has 0 radical (unpaired) electrons. The maximum Gasteiger partial charge on any atom is 0.265 e. The Morgan fingerprint density at radius 2 is 1.09 bits per heavy atom. The Labute approximate surface area is 436 Å². The van der Waals surface area contributed by atoms with Crippen molar-refractivity contribution in [1.29, 1.82) is 0 Å². The topological polar surface area (TPSA) is 168 Å². The Kier molecular flexibility index (Phi) is 14.8. The van der Waals surface area contributed by atoms with Crippen molar-refractivity contribution < 1.29 is 42.8 Å². The first-order valence-electron chi connectivity index (χ1n) is 24.6. The molecule has 3 aliphatic heterocycles. The maximum atomic E-state index is 13.4. The molecule has 9 rings (SSSR count). The molecule has 0 saturated heterocycles. The molecule has 16 nitrogen and oxygen atoms in total. The fraction of sp³-hybridized carbons (Fsp3) is 0.351. The van der Waals surface area contributed by atoms with Gasteiger partial charge in [0.25, 0.3) is 17.7 Å². The first kappa shape index (κ1) is 51.2. The summed E-state index contributed by atoms with van der Waals surface area (Å²) in [6, 6.07) is 28.0. The average Bonchev–Trinajstić information content (AvgIpc) is 4.05. The van der Waals surface area contributed by atoms with Gasteiger partial charge < -0.3 is 28.4 Å². The number of carbonyl (C=O) groups excluding carboxylic acids is 3. The van der Waals surface area contributed by atoms with E-state index in [1.165, 1.54) is 14.7 Å². The minimum atomic E-state index is -0.535. The molecule has 3 amide bonds. The van der Waals surface area contributed by atoms with Gasteiger partial charge in [0, 0.05) is 75.9 Å². The van der Waals surface area contributed by atoms with Crippen LogP contribution in [0.15, 0.2) is 109 Å². The number of nitrogens with zero attached hydrogens (tertiary/aromatic N) is 7. The Morgan fingerprint density at radius 3 is 1.62 bits per heavy atom. The zero-order chi connectivity index (χ0) is 52.2. The van der Waals surface area contributed by atoms with Gasteiger partial charge in [-0.1, -0.05) is 66.2 Å². The van der Waals surface area contributed by atoms with Gasteiger partial charge in [-0.15, -0.1) is 10.2 Å². The number of pyridine rings is 2. The number of ether oxygens (including phenoxy) is 6. The lowest BCUT2D eigenvalue weighted by atomic mass is 9.92. The van der Waals surface area contributed by atoms with Crippen LogP contribution in [0.3, 0.4) is 0 Å². The fourth-order valence-corrected chi connectivity index (χ4v) is 9.43. The van der Waals surface area contributed by atoms with Crippen molar-refractivity contribution in [2.75, 3.05) is 55.7 Å². The smallest absolute Gasteiger partial charge is 0.265 e. The molecule has 6 heterocycles. The van der Waals surface area contributed by atoms with Gasteiger partial charge in [-0.25, -0.2) is 9.97 Å². The van der Waals surface area contributed by atoms with E-state index in [0.29, 0.717) is 71.2 Å². The second kappa shape index (κ2) is 21.4. The average molecular weight is 1020 g/mol. The van der Waals surface area contributed by atoms with Crippen LogP contribution in [0, 0.1) is 0 Å². The van der Waals surface area contributed by atoms with E-state index < -0.39 is 11.2 Å². The molecule has 2 atom stereocenters. The second-order valence-corrected chi connectivity index (χ2v) is 20.5. The van der Waals surface area contributed by atoms with E-state index in [-0.39, 0.29) is 48.3 Å². The van der Waals surface area contributed by atoms with Crippen molar-refractivity contribution in [2.24, 2.45) is 0 Å². The summed E-state index contributed by atoms with van der Waals surface area (Å²) in [6.07, 6.45) is 12.7. The van der Waals surface area contributed by atoms with Crippen molar-refractivity contribution in [3.8, 4) is 34.5 Å². The standard InChI is InChI=1S/C57H60ClN7O9/c1-55(2)29-39-15-8-18-42(52(39)72-55)69-34-49(66)63(5)46-24-21-37(32-59-46)13-11-27-56(3)30-40-16-9-19-43(53(40)73-56)70-35-50(67)64(6)47-25-22-38(33-60-47)14-12-28-57(4)31-41-17-10-20-44(54(41)74-57)71-36-51(68)65(7)48-26-23-45(58)61-62-48/h8-11,13,15-26,32-33H,12,14,27-31,34-36H2,1-7H3/b13-11+. The monoisotopic (exact) mass is 1020 g/mol. The lowest BCUT2D eigenvalue weighted by Crippen LogP contribution is -2.32. The molecule has 0 spiro atoms. The Bertz CT molecular complexity index is 3060. The molecule has 3 aromatic heterocycles. The molecule has 6 aromatic rings. The van der Waals surface area contributed by atoms with Crippen LogP contribution in [-0.4, -0.2) is 95.7 Å². The van der Waals surface area contributed by atoms with Crippen LogP contribution < -0.4 is 43.1 Å². The summed E-state index contributed by atoms with van der Waals surface area (Å²) in [5.74, 6) is 4.14. The molecule has 0 aliphatic carbocycles. The van der Waals surface area contributed by atoms with E-state index in [1.54, 1.807) is 57.8 Å². The predicted molar refractivity (Wildman–Crippen MR) is 282 cm³/mol. The number of likely N-dealkylation sites (N-methyl/N-ethyl adjacent to an activating group) is 3. The third-order valence-electron chi connectivity index (χ3n) is 13.4. The molecule has 0 N–H and O–H groups in total. The summed E-state index contributed by atoms with van der Waals surface area (Å²) >= 11 is 5.84. The maximum absolute atomic E-state index is 13.4. The number of fused-ring (bicyclic) bond motifs is 3. The quantitative estimate of drug-likeness (QED) is 0.0754. The number of hydrogen-bond acceptors (Lipinski definition) is 13. The highest BCUT2D eigenvalue weighted by molar-refractivity contribution is 6.29. The van der Waals surface area contributed by atoms with Gasteiger partial charge in [0.15, 0.2) is 65.3 Å². The van der Waals surface area contributed by atoms with Gasteiger partial charge in [-0.3, -0.25) is 29.1 Å². The molecule has 0 saturated carbocycles. The molecule has 3 aromatic carbocycles. The molecule has 2 unspecified atom stereocenters. The van der Waals surface area contributed by atoms with Crippen LogP contribution in [0.4, 0.5) is 17.5 Å². The molecule has 74 heavy (non-hydrogen) atoms. The largest absolute Gasteiger partial charge is 0.483 e. The van der Waals surface area contributed by atoms with E-state index in [9.17, 15) is 14.4 Å². The molecular weight excluding hydrogens is 962 g/mol. The van der Waals surface area contributed by atoms with Crippen LogP contribution in [0.2, 0.25) is 5.15 Å². The summed E-state index contributed by atoms with van der Waals surface area (Å²) in [5.41, 5.74) is 3.71. The fourth-order valence-electron chi connectivity index (χ4n) is 9.33. The summed E-state index contributed by atoms with van der Waals surface area (Å²) in [4.78, 5) is 52.8. The molecule has 17 heteroatoms. The number of aryl methyl sites for hydroxylation is 1. The van der Waals surface area contributed by atoms with Crippen molar-refractivity contribution in [2.45, 2.75) is 89.4 Å². The zero-order valence-corrected chi connectivity index (χ0v) is 43.5. The number of rotatable bonds is 19. The van der Waals surface area contributed by atoms with Gasteiger partial charge in [0.2, 0.25) is 0 Å². The SMILES string of the molecule is CN(C(=O)COc1cccc2c1OC(C)(C)C2)c1ccc(/C=C/CC2(C)Cc3cccc(OCC(=O)N(C)c4ccc(CCCC5(C)Cc6cccc(OCC(=O)N(C)c7ccc(Cl)nn7)c6O5)cn4)c3O2)cn1.